The highest BCUT2D eigenvalue weighted by Crippen LogP contribution is 2.32. The monoisotopic (exact) mass is 384 g/mol. The third-order valence-corrected chi connectivity index (χ3v) is 6.35. The number of fused-ring (bicyclic) bond motifs is 2. The third-order valence-electron chi connectivity index (χ3n) is 4.51. The summed E-state index contributed by atoms with van der Waals surface area (Å²) in [5.41, 5.74) is 2.30. The van der Waals surface area contributed by atoms with Gasteiger partial charge in [0.25, 0.3) is 0 Å². The van der Waals surface area contributed by atoms with Gasteiger partial charge in [0.15, 0.2) is 11.5 Å². The molecule has 0 aliphatic carbocycles. The van der Waals surface area contributed by atoms with Crippen molar-refractivity contribution in [1.82, 2.24) is 9.29 Å². The van der Waals surface area contributed by atoms with Gasteiger partial charge in [-0.25, -0.2) is 8.42 Å². The van der Waals surface area contributed by atoms with Crippen LogP contribution >= 0.6 is 0 Å². The Hall–Kier alpha value is -2.64. The number of hydrogen-bond donors (Lipinski definition) is 0. The molecule has 0 bridgehead atoms. The zero-order chi connectivity index (χ0) is 19.0. The molecule has 3 aromatic rings. The maximum atomic E-state index is 13.2. The normalized spacial score (nSPS) is 13.9. The lowest BCUT2D eigenvalue weighted by Crippen LogP contribution is -2.27. The Kier molecular flexibility index (Phi) is 4.49. The van der Waals surface area contributed by atoms with E-state index in [0.717, 1.165) is 16.5 Å². The van der Waals surface area contributed by atoms with Gasteiger partial charge in [-0.3, -0.25) is 4.98 Å². The van der Waals surface area contributed by atoms with E-state index in [4.69, 9.17) is 9.47 Å². The van der Waals surface area contributed by atoms with E-state index in [2.05, 4.69) is 4.98 Å². The van der Waals surface area contributed by atoms with Gasteiger partial charge in [0.05, 0.1) is 5.52 Å². The van der Waals surface area contributed by atoms with Crippen LogP contribution in [0.1, 0.15) is 11.1 Å². The van der Waals surface area contributed by atoms with Crippen molar-refractivity contribution in [2.24, 2.45) is 0 Å². The zero-order valence-corrected chi connectivity index (χ0v) is 16.0. The number of para-hydroxylation sites is 1. The van der Waals surface area contributed by atoms with Crippen LogP contribution in [0.25, 0.3) is 10.9 Å². The molecule has 4 rings (SSSR count). The van der Waals surface area contributed by atoms with Crippen LogP contribution in [0.5, 0.6) is 11.5 Å². The number of benzene rings is 2. The first-order valence-corrected chi connectivity index (χ1v) is 10.1. The van der Waals surface area contributed by atoms with Crippen LogP contribution in [0.4, 0.5) is 0 Å². The molecule has 0 N–H and O–H groups in total. The van der Waals surface area contributed by atoms with Crippen LogP contribution in [-0.2, 0) is 16.6 Å². The molecule has 1 aliphatic rings. The van der Waals surface area contributed by atoms with E-state index in [1.807, 2.05) is 37.3 Å². The van der Waals surface area contributed by atoms with Gasteiger partial charge in [-0.05, 0) is 42.3 Å². The minimum Gasteiger partial charge on any atom is -0.486 e. The second-order valence-electron chi connectivity index (χ2n) is 6.58. The van der Waals surface area contributed by atoms with Crippen LogP contribution in [0, 0.1) is 6.92 Å². The number of pyridine rings is 1. The van der Waals surface area contributed by atoms with E-state index in [1.54, 1.807) is 25.4 Å². The van der Waals surface area contributed by atoms with Crippen LogP contribution in [0.3, 0.4) is 0 Å². The molecule has 140 valence electrons. The van der Waals surface area contributed by atoms with Crippen LogP contribution in [-0.4, -0.2) is 38.0 Å². The molecular formula is C20H20N2O4S. The second kappa shape index (κ2) is 6.83. The average molecular weight is 384 g/mol. The molecule has 0 radical (unpaired) electrons. The van der Waals surface area contributed by atoms with Gasteiger partial charge in [0.2, 0.25) is 10.0 Å². The largest absolute Gasteiger partial charge is 0.486 e. The van der Waals surface area contributed by atoms with Crippen molar-refractivity contribution in [3.63, 3.8) is 0 Å². The summed E-state index contributed by atoms with van der Waals surface area (Å²) in [6.07, 6.45) is 1.68. The molecule has 0 saturated carbocycles. The van der Waals surface area contributed by atoms with Gasteiger partial charge in [-0.2, -0.15) is 4.31 Å². The van der Waals surface area contributed by atoms with Crippen molar-refractivity contribution in [1.29, 1.82) is 0 Å². The summed E-state index contributed by atoms with van der Waals surface area (Å²) >= 11 is 0. The minimum atomic E-state index is -3.70. The van der Waals surface area contributed by atoms with Crippen molar-refractivity contribution in [2.45, 2.75) is 18.4 Å². The van der Waals surface area contributed by atoms with E-state index in [9.17, 15) is 8.42 Å². The van der Waals surface area contributed by atoms with Gasteiger partial charge in [0.1, 0.15) is 18.1 Å². The van der Waals surface area contributed by atoms with Gasteiger partial charge in [-0.1, -0.05) is 18.2 Å². The number of ether oxygens (including phenoxy) is 2. The first kappa shape index (κ1) is 17.8. The van der Waals surface area contributed by atoms with Crippen molar-refractivity contribution in [3.05, 3.63) is 59.8 Å². The minimum absolute atomic E-state index is 0.208. The maximum Gasteiger partial charge on any atom is 0.245 e. The number of aromatic nitrogens is 1. The Morgan fingerprint density at radius 2 is 1.85 bits per heavy atom. The van der Waals surface area contributed by atoms with E-state index in [-0.39, 0.29) is 11.4 Å². The molecule has 0 saturated heterocycles. The molecule has 6 nitrogen and oxygen atoms in total. The standard InChI is InChI=1S/C20H20N2O4S/c1-14-10-16-4-3-5-19(20(16)21-12-14)27(23,24)22(2)13-15-6-7-17-18(11-15)26-9-8-25-17/h3-7,10-12H,8-9,13H2,1-2H3. The number of sulfonamides is 1. The zero-order valence-electron chi connectivity index (χ0n) is 15.2. The summed E-state index contributed by atoms with van der Waals surface area (Å²) in [6, 6.07) is 12.6. The Morgan fingerprint density at radius 1 is 1.07 bits per heavy atom. The van der Waals surface area contributed by atoms with Crippen LogP contribution in [0.2, 0.25) is 0 Å². The fourth-order valence-electron chi connectivity index (χ4n) is 3.15. The topological polar surface area (TPSA) is 68.7 Å². The number of hydrogen-bond acceptors (Lipinski definition) is 5. The summed E-state index contributed by atoms with van der Waals surface area (Å²) < 4.78 is 38.7. The Morgan fingerprint density at radius 3 is 2.67 bits per heavy atom. The van der Waals surface area contributed by atoms with Gasteiger partial charge >= 0.3 is 0 Å². The molecule has 0 amide bonds. The second-order valence-corrected chi connectivity index (χ2v) is 8.59. The summed E-state index contributed by atoms with van der Waals surface area (Å²) in [5.74, 6) is 1.33. The first-order chi connectivity index (χ1) is 12.9. The SMILES string of the molecule is Cc1cnc2c(S(=O)(=O)N(C)Cc3ccc4c(c3)OCCO4)cccc2c1. The lowest BCUT2D eigenvalue weighted by atomic mass is 10.2. The number of aryl methyl sites for hydroxylation is 1. The van der Waals surface area contributed by atoms with Crippen molar-refractivity contribution >= 4 is 20.9 Å². The van der Waals surface area contributed by atoms with Crippen LogP contribution in [0.15, 0.2) is 53.6 Å². The molecule has 1 aliphatic heterocycles. The van der Waals surface area contributed by atoms with Gasteiger partial charge < -0.3 is 9.47 Å². The lowest BCUT2D eigenvalue weighted by Gasteiger charge is -2.21. The Labute approximate surface area is 158 Å². The predicted octanol–water partition coefficient (Wildman–Crippen LogP) is 3.14. The molecule has 2 heterocycles. The van der Waals surface area contributed by atoms with E-state index >= 15 is 0 Å². The summed E-state index contributed by atoms with van der Waals surface area (Å²) in [6.45, 7) is 3.17. The Balaban J connectivity index is 1.66. The van der Waals surface area contributed by atoms with Crippen molar-refractivity contribution in [2.75, 3.05) is 20.3 Å². The molecule has 0 unspecified atom stereocenters. The molecule has 0 atom stereocenters. The highest BCUT2D eigenvalue weighted by molar-refractivity contribution is 7.89. The molecule has 1 aromatic heterocycles. The van der Waals surface area contributed by atoms with Crippen molar-refractivity contribution < 1.29 is 17.9 Å². The number of nitrogens with zero attached hydrogens (tertiary/aromatic N) is 2. The lowest BCUT2D eigenvalue weighted by molar-refractivity contribution is 0.171. The summed E-state index contributed by atoms with van der Waals surface area (Å²) in [4.78, 5) is 4.56. The molecule has 0 fully saturated rings. The highest BCUT2D eigenvalue weighted by atomic mass is 32.2. The fourth-order valence-corrected chi connectivity index (χ4v) is 4.47. The van der Waals surface area contributed by atoms with Crippen molar-refractivity contribution in [3.8, 4) is 11.5 Å². The molecule has 0 spiro atoms. The Bertz CT molecular complexity index is 1110. The average Bonchev–Trinajstić information content (AvgIpc) is 2.67. The van der Waals surface area contributed by atoms with E-state index in [1.165, 1.54) is 4.31 Å². The maximum absolute atomic E-state index is 13.2. The van der Waals surface area contributed by atoms with E-state index in [0.29, 0.717) is 30.2 Å². The molecular weight excluding hydrogens is 364 g/mol. The molecule has 2 aromatic carbocycles. The van der Waals surface area contributed by atoms with Crippen LogP contribution < -0.4 is 9.47 Å². The first-order valence-electron chi connectivity index (χ1n) is 8.65. The quantitative estimate of drug-likeness (QED) is 0.691. The van der Waals surface area contributed by atoms with E-state index < -0.39 is 10.0 Å². The predicted molar refractivity (Wildman–Crippen MR) is 103 cm³/mol. The smallest absolute Gasteiger partial charge is 0.245 e. The van der Waals surface area contributed by atoms with Gasteiger partial charge in [0, 0.05) is 25.2 Å². The summed E-state index contributed by atoms with van der Waals surface area (Å²) in [7, 11) is -2.13. The fraction of sp³-hybridized carbons (Fsp3) is 0.250. The third kappa shape index (κ3) is 3.36. The number of rotatable bonds is 4. The molecule has 27 heavy (non-hydrogen) atoms. The van der Waals surface area contributed by atoms with Gasteiger partial charge in [-0.15, -0.1) is 0 Å². The highest BCUT2D eigenvalue weighted by Gasteiger charge is 2.24. The molecule has 7 heteroatoms. The summed E-state index contributed by atoms with van der Waals surface area (Å²) in [5, 5.41) is 0.809.